The molecule has 9 aromatic rings. The van der Waals surface area contributed by atoms with E-state index in [4.69, 9.17) is 0 Å². The predicted octanol–water partition coefficient (Wildman–Crippen LogP) is 9.53. The molecule has 40 heavy (non-hydrogen) atoms. The Kier molecular flexibility index (Phi) is 4.26. The monoisotopic (exact) mass is 511 g/mol. The molecule has 3 heterocycles. The molecule has 0 N–H and O–H groups in total. The smallest absolute Gasteiger partial charge is 0.0785 e. The van der Waals surface area contributed by atoms with Crippen LogP contribution in [0.15, 0.2) is 133 Å². The topological polar surface area (TPSA) is 14.8 Å². The van der Waals surface area contributed by atoms with Crippen LogP contribution < -0.4 is 0 Å². The van der Waals surface area contributed by atoms with Crippen LogP contribution >= 0.6 is 0 Å². The van der Waals surface area contributed by atoms with Crippen molar-refractivity contribution in [3.8, 4) is 11.4 Å². The van der Waals surface area contributed by atoms with E-state index < -0.39 is 0 Å². The maximum atomic E-state index is 2.51. The van der Waals surface area contributed by atoms with Crippen LogP contribution in [0.4, 0.5) is 0 Å². The first-order valence-electron chi connectivity index (χ1n) is 13.8. The Bertz CT molecular complexity index is 2430. The van der Waals surface area contributed by atoms with Crippen molar-refractivity contribution >= 4 is 65.4 Å². The van der Waals surface area contributed by atoms with Crippen LogP contribution in [-0.2, 0) is 7.05 Å². The zero-order valence-electron chi connectivity index (χ0n) is 22.0. The van der Waals surface area contributed by atoms with Crippen molar-refractivity contribution in [2.45, 2.75) is 0 Å². The van der Waals surface area contributed by atoms with Gasteiger partial charge in [-0.05, 0) is 42.5 Å². The quantitative estimate of drug-likeness (QED) is 0.219. The highest BCUT2D eigenvalue weighted by Crippen LogP contribution is 2.43. The largest absolute Gasteiger partial charge is 0.342 e. The number of aryl methyl sites for hydroxylation is 1. The lowest BCUT2D eigenvalue weighted by Crippen LogP contribution is -1.98. The van der Waals surface area contributed by atoms with E-state index in [-0.39, 0.29) is 0 Å². The van der Waals surface area contributed by atoms with E-state index >= 15 is 0 Å². The molecular formula is C37H25N3. The summed E-state index contributed by atoms with van der Waals surface area (Å²) in [6.45, 7) is 0. The van der Waals surface area contributed by atoms with Gasteiger partial charge in [-0.25, -0.2) is 0 Å². The summed E-state index contributed by atoms with van der Waals surface area (Å²) in [7, 11) is 2.20. The fourth-order valence-corrected chi connectivity index (χ4v) is 7.00. The lowest BCUT2D eigenvalue weighted by atomic mass is 10.1. The van der Waals surface area contributed by atoms with Gasteiger partial charge in [0.15, 0.2) is 0 Å². The molecule has 0 radical (unpaired) electrons. The van der Waals surface area contributed by atoms with Gasteiger partial charge in [0.1, 0.15) is 0 Å². The van der Waals surface area contributed by atoms with Crippen molar-refractivity contribution in [1.29, 1.82) is 0 Å². The minimum atomic E-state index is 1.17. The van der Waals surface area contributed by atoms with E-state index in [1.807, 2.05) is 0 Å². The molecule has 0 aliphatic carbocycles. The second-order valence-electron chi connectivity index (χ2n) is 10.6. The molecule has 3 heteroatoms. The Morgan fingerprint density at radius 1 is 0.375 bits per heavy atom. The van der Waals surface area contributed by atoms with Crippen LogP contribution in [0.2, 0.25) is 0 Å². The summed E-state index contributed by atoms with van der Waals surface area (Å²) in [5, 5.41) is 7.64. The maximum absolute atomic E-state index is 2.51. The normalized spacial score (nSPS) is 12.1. The Hall–Kier alpha value is -5.28. The highest BCUT2D eigenvalue weighted by atomic mass is 15.0. The van der Waals surface area contributed by atoms with E-state index in [0.29, 0.717) is 0 Å². The molecule has 0 aliphatic heterocycles. The summed E-state index contributed by atoms with van der Waals surface area (Å²) in [5.74, 6) is 0. The first-order chi connectivity index (χ1) is 19.8. The van der Waals surface area contributed by atoms with Crippen molar-refractivity contribution in [1.82, 2.24) is 13.7 Å². The van der Waals surface area contributed by atoms with Crippen LogP contribution in [0.5, 0.6) is 0 Å². The van der Waals surface area contributed by atoms with E-state index in [0.717, 1.165) is 0 Å². The molecule has 0 aliphatic rings. The maximum Gasteiger partial charge on any atom is 0.0785 e. The number of para-hydroxylation sites is 4. The number of nitrogens with zero attached hydrogens (tertiary/aromatic N) is 3. The second kappa shape index (κ2) is 7.87. The fraction of sp³-hybridized carbons (Fsp3) is 0.0270. The molecule has 0 atom stereocenters. The van der Waals surface area contributed by atoms with E-state index in [9.17, 15) is 0 Å². The zero-order chi connectivity index (χ0) is 26.4. The van der Waals surface area contributed by atoms with Crippen LogP contribution in [0.25, 0.3) is 76.8 Å². The summed E-state index contributed by atoms with van der Waals surface area (Å²) >= 11 is 0. The number of fused-ring (bicyclic) bond motifs is 10. The summed E-state index contributed by atoms with van der Waals surface area (Å²) in [5.41, 5.74) is 9.78. The Balaban J connectivity index is 1.53. The van der Waals surface area contributed by atoms with E-state index in [2.05, 4.69) is 154 Å². The van der Waals surface area contributed by atoms with Gasteiger partial charge in [-0.3, -0.25) is 0 Å². The highest BCUT2D eigenvalue weighted by molar-refractivity contribution is 6.24. The molecule has 0 spiro atoms. The number of hydrogen-bond donors (Lipinski definition) is 0. The third-order valence-corrected chi connectivity index (χ3v) is 8.63. The van der Waals surface area contributed by atoms with Gasteiger partial charge >= 0.3 is 0 Å². The van der Waals surface area contributed by atoms with E-state index in [1.165, 1.54) is 76.8 Å². The lowest BCUT2D eigenvalue weighted by molar-refractivity contribution is 1.01. The van der Waals surface area contributed by atoms with Gasteiger partial charge in [0.05, 0.1) is 33.3 Å². The molecule has 9 rings (SSSR count). The highest BCUT2D eigenvalue weighted by Gasteiger charge is 2.22. The number of hydrogen-bond acceptors (Lipinski definition) is 0. The molecule has 0 saturated carbocycles. The van der Waals surface area contributed by atoms with Crippen molar-refractivity contribution in [3.05, 3.63) is 133 Å². The number of benzene rings is 6. The van der Waals surface area contributed by atoms with Crippen molar-refractivity contribution in [2.24, 2.45) is 7.05 Å². The number of aromatic nitrogens is 3. The molecule has 0 fully saturated rings. The molecule has 3 aromatic heterocycles. The molecule has 6 aromatic carbocycles. The van der Waals surface area contributed by atoms with Crippen molar-refractivity contribution in [3.63, 3.8) is 0 Å². The summed E-state index contributed by atoms with van der Waals surface area (Å²) in [6, 6.07) is 48.4. The standard InChI is InChI=1S/C37H25N3/c1-38-30-17-8-5-14-25(30)27-22-23-28-26-15-6-9-18-31(26)40(37(28)36(27)38)34-21-11-20-33-35(34)29-16-7-10-19-32(29)39(33)24-12-3-2-4-13-24/h2-23H,1H3. The Labute approximate surface area is 230 Å². The average Bonchev–Trinajstić information content (AvgIpc) is 3.63. The Morgan fingerprint density at radius 2 is 0.925 bits per heavy atom. The van der Waals surface area contributed by atoms with Crippen LogP contribution in [0, 0.1) is 0 Å². The minimum Gasteiger partial charge on any atom is -0.342 e. The summed E-state index contributed by atoms with van der Waals surface area (Å²) in [6.07, 6.45) is 0. The summed E-state index contributed by atoms with van der Waals surface area (Å²) < 4.78 is 7.28. The molecule has 0 amide bonds. The van der Waals surface area contributed by atoms with E-state index in [1.54, 1.807) is 0 Å². The number of rotatable bonds is 2. The average molecular weight is 512 g/mol. The third kappa shape index (κ3) is 2.69. The molecule has 3 nitrogen and oxygen atoms in total. The Morgan fingerprint density at radius 3 is 1.68 bits per heavy atom. The van der Waals surface area contributed by atoms with Gasteiger partial charge in [0.2, 0.25) is 0 Å². The molecule has 0 saturated heterocycles. The summed E-state index contributed by atoms with van der Waals surface area (Å²) in [4.78, 5) is 0. The SMILES string of the molecule is Cn1c2ccccc2c2ccc3c4ccccc4n(-c4cccc5c4c4ccccc4n5-c4ccccc4)c3c21. The van der Waals surface area contributed by atoms with Gasteiger partial charge < -0.3 is 13.7 Å². The lowest BCUT2D eigenvalue weighted by Gasteiger charge is -2.13. The van der Waals surface area contributed by atoms with Gasteiger partial charge in [0, 0.05) is 50.6 Å². The zero-order valence-corrected chi connectivity index (χ0v) is 22.0. The van der Waals surface area contributed by atoms with Gasteiger partial charge in [-0.15, -0.1) is 0 Å². The van der Waals surface area contributed by atoms with Crippen molar-refractivity contribution < 1.29 is 0 Å². The van der Waals surface area contributed by atoms with Crippen LogP contribution in [-0.4, -0.2) is 13.7 Å². The van der Waals surface area contributed by atoms with Gasteiger partial charge in [0.25, 0.3) is 0 Å². The fourth-order valence-electron chi connectivity index (χ4n) is 7.00. The third-order valence-electron chi connectivity index (χ3n) is 8.63. The predicted molar refractivity (Wildman–Crippen MR) is 169 cm³/mol. The first kappa shape index (κ1) is 21.6. The minimum absolute atomic E-state index is 1.17. The van der Waals surface area contributed by atoms with Gasteiger partial charge in [-0.1, -0.05) is 91.0 Å². The molecule has 0 unspecified atom stereocenters. The van der Waals surface area contributed by atoms with Gasteiger partial charge in [-0.2, -0.15) is 0 Å². The van der Waals surface area contributed by atoms with Crippen molar-refractivity contribution in [2.75, 3.05) is 0 Å². The second-order valence-corrected chi connectivity index (χ2v) is 10.6. The molecule has 188 valence electrons. The first-order valence-corrected chi connectivity index (χ1v) is 13.8. The molecule has 0 bridgehead atoms. The molecular weight excluding hydrogens is 486 g/mol. The van der Waals surface area contributed by atoms with Crippen LogP contribution in [0.3, 0.4) is 0 Å². The van der Waals surface area contributed by atoms with Crippen LogP contribution in [0.1, 0.15) is 0 Å².